The van der Waals surface area contributed by atoms with E-state index in [1.165, 1.54) is 25.7 Å². The fraction of sp³-hybridized carbons (Fsp3) is 0.933. The molecule has 0 radical (unpaired) electrons. The summed E-state index contributed by atoms with van der Waals surface area (Å²) in [6, 6.07) is 0. The summed E-state index contributed by atoms with van der Waals surface area (Å²) in [6.07, 6.45) is 4.97. The Balaban J connectivity index is 0.00000200. The summed E-state index contributed by atoms with van der Waals surface area (Å²) in [4.78, 5) is 6.84. The lowest BCUT2D eigenvalue weighted by Gasteiger charge is -2.25. The van der Waals surface area contributed by atoms with Gasteiger partial charge in [0, 0.05) is 38.7 Å². The van der Waals surface area contributed by atoms with Gasteiger partial charge in [0.05, 0.1) is 6.61 Å². The van der Waals surface area contributed by atoms with Gasteiger partial charge in [0.25, 0.3) is 0 Å². The predicted molar refractivity (Wildman–Crippen MR) is 94.9 cm³/mol. The van der Waals surface area contributed by atoms with E-state index in [1.807, 2.05) is 7.05 Å². The van der Waals surface area contributed by atoms with E-state index in [9.17, 15) is 0 Å². The molecule has 1 unspecified atom stereocenters. The molecule has 1 spiro atoms. The van der Waals surface area contributed by atoms with Crippen molar-refractivity contribution < 1.29 is 4.74 Å². The second-order valence-corrected chi connectivity index (χ2v) is 6.48. The van der Waals surface area contributed by atoms with Crippen LogP contribution in [0.15, 0.2) is 4.99 Å². The van der Waals surface area contributed by atoms with Gasteiger partial charge >= 0.3 is 0 Å². The number of rotatable bonds is 4. The smallest absolute Gasteiger partial charge is 0.193 e. The molecule has 5 heteroatoms. The first-order valence-corrected chi connectivity index (χ1v) is 7.68. The first-order chi connectivity index (χ1) is 9.15. The molecule has 2 rings (SSSR count). The van der Waals surface area contributed by atoms with E-state index in [4.69, 9.17) is 4.74 Å². The molecule has 20 heavy (non-hydrogen) atoms. The lowest BCUT2D eigenvalue weighted by molar-refractivity contribution is 0.156. The van der Waals surface area contributed by atoms with E-state index in [1.54, 1.807) is 0 Å². The average molecular weight is 395 g/mol. The Morgan fingerprint density at radius 3 is 2.80 bits per heavy atom. The zero-order valence-electron chi connectivity index (χ0n) is 13.2. The van der Waals surface area contributed by atoms with E-state index in [-0.39, 0.29) is 24.0 Å². The van der Waals surface area contributed by atoms with Crippen LogP contribution in [-0.2, 0) is 4.74 Å². The van der Waals surface area contributed by atoms with Gasteiger partial charge in [0.15, 0.2) is 5.96 Å². The lowest BCUT2D eigenvalue weighted by atomic mass is 9.87. The Kier molecular flexibility index (Phi) is 7.58. The van der Waals surface area contributed by atoms with E-state index < -0.39 is 0 Å². The van der Waals surface area contributed by atoms with Crippen LogP contribution in [0, 0.1) is 11.3 Å². The Morgan fingerprint density at radius 1 is 1.40 bits per heavy atom. The summed E-state index contributed by atoms with van der Waals surface area (Å²) < 4.78 is 5.58. The molecule has 0 aliphatic carbocycles. The van der Waals surface area contributed by atoms with Crippen LogP contribution in [0.4, 0.5) is 0 Å². The van der Waals surface area contributed by atoms with Crippen LogP contribution in [-0.4, -0.2) is 50.8 Å². The zero-order chi connectivity index (χ0) is 13.7. The van der Waals surface area contributed by atoms with Crippen LogP contribution in [0.5, 0.6) is 0 Å². The number of halogens is 1. The Bertz CT molecular complexity index is 314. The Hall–Kier alpha value is -0.0400. The molecular formula is C15H30IN3O. The molecule has 2 heterocycles. The fourth-order valence-corrected chi connectivity index (χ4v) is 3.13. The molecule has 0 aromatic heterocycles. The molecule has 2 fully saturated rings. The zero-order valence-corrected chi connectivity index (χ0v) is 15.5. The molecule has 0 aromatic rings. The van der Waals surface area contributed by atoms with Gasteiger partial charge in [0.2, 0.25) is 0 Å². The van der Waals surface area contributed by atoms with Crippen molar-refractivity contribution in [2.45, 2.75) is 39.5 Å². The number of ether oxygens (including phenoxy) is 1. The molecule has 1 atom stereocenters. The number of likely N-dealkylation sites (tertiary alicyclic amines) is 1. The van der Waals surface area contributed by atoms with Crippen molar-refractivity contribution in [1.82, 2.24) is 10.2 Å². The van der Waals surface area contributed by atoms with Crippen molar-refractivity contribution in [1.29, 1.82) is 0 Å². The highest BCUT2D eigenvalue weighted by molar-refractivity contribution is 14.0. The number of aliphatic imine (C=N–C) groups is 1. The maximum atomic E-state index is 5.58. The van der Waals surface area contributed by atoms with Crippen molar-refractivity contribution in [3.63, 3.8) is 0 Å². The minimum Gasteiger partial charge on any atom is -0.381 e. The number of hydrogen-bond acceptors (Lipinski definition) is 2. The third-order valence-electron chi connectivity index (χ3n) is 4.38. The van der Waals surface area contributed by atoms with Gasteiger partial charge in [-0.2, -0.15) is 0 Å². The standard InChI is InChI=1S/C15H29N3O.HI/c1-13(2)5-4-8-17-14(16-3)18-9-6-15(11-18)7-10-19-12-15;/h13H,4-12H2,1-3H3,(H,16,17);1H. The van der Waals surface area contributed by atoms with E-state index >= 15 is 0 Å². The van der Waals surface area contributed by atoms with E-state index in [0.29, 0.717) is 5.41 Å². The molecule has 4 nitrogen and oxygen atoms in total. The van der Waals surface area contributed by atoms with Crippen LogP contribution < -0.4 is 5.32 Å². The molecular weight excluding hydrogens is 365 g/mol. The molecule has 118 valence electrons. The van der Waals surface area contributed by atoms with Crippen LogP contribution in [0.1, 0.15) is 39.5 Å². The minimum atomic E-state index is 0. The molecule has 1 N–H and O–H groups in total. The van der Waals surface area contributed by atoms with Gasteiger partial charge in [-0.3, -0.25) is 4.99 Å². The molecule has 2 aliphatic rings. The van der Waals surface area contributed by atoms with Gasteiger partial charge < -0.3 is 15.0 Å². The number of nitrogens with zero attached hydrogens (tertiary/aromatic N) is 2. The number of guanidine groups is 1. The highest BCUT2D eigenvalue weighted by Crippen LogP contribution is 2.38. The topological polar surface area (TPSA) is 36.9 Å². The SMILES string of the molecule is CN=C(NCCCC(C)C)N1CCC2(CCOC2)C1.I. The van der Waals surface area contributed by atoms with Gasteiger partial charge in [-0.05, 0) is 31.6 Å². The summed E-state index contributed by atoms with van der Waals surface area (Å²) in [5, 5.41) is 3.51. The maximum absolute atomic E-state index is 5.58. The maximum Gasteiger partial charge on any atom is 0.193 e. The highest BCUT2D eigenvalue weighted by atomic mass is 127. The summed E-state index contributed by atoms with van der Waals surface area (Å²) in [5.74, 6) is 1.86. The first kappa shape index (κ1) is 18.0. The van der Waals surface area contributed by atoms with Crippen molar-refractivity contribution in [2.24, 2.45) is 16.3 Å². The summed E-state index contributed by atoms with van der Waals surface area (Å²) >= 11 is 0. The highest BCUT2D eigenvalue weighted by Gasteiger charge is 2.42. The Morgan fingerprint density at radius 2 is 2.20 bits per heavy atom. The summed E-state index contributed by atoms with van der Waals surface area (Å²) in [6.45, 7) is 9.69. The average Bonchev–Trinajstić information content (AvgIpc) is 3.00. The van der Waals surface area contributed by atoms with Crippen LogP contribution in [0.3, 0.4) is 0 Å². The summed E-state index contributed by atoms with van der Waals surface area (Å²) in [7, 11) is 1.89. The molecule has 0 bridgehead atoms. The fourth-order valence-electron chi connectivity index (χ4n) is 3.13. The van der Waals surface area contributed by atoms with Crippen molar-refractivity contribution in [3.8, 4) is 0 Å². The van der Waals surface area contributed by atoms with Gasteiger partial charge in [0.1, 0.15) is 0 Å². The second kappa shape index (κ2) is 8.41. The molecule has 0 aromatic carbocycles. The summed E-state index contributed by atoms with van der Waals surface area (Å²) in [5.41, 5.74) is 0.412. The third kappa shape index (κ3) is 4.76. The van der Waals surface area contributed by atoms with Crippen molar-refractivity contribution >= 4 is 29.9 Å². The third-order valence-corrected chi connectivity index (χ3v) is 4.38. The number of nitrogens with one attached hydrogen (secondary N) is 1. The van der Waals surface area contributed by atoms with Crippen molar-refractivity contribution in [3.05, 3.63) is 0 Å². The van der Waals surface area contributed by atoms with Gasteiger partial charge in [-0.1, -0.05) is 13.8 Å². The largest absolute Gasteiger partial charge is 0.381 e. The van der Waals surface area contributed by atoms with Gasteiger partial charge in [-0.25, -0.2) is 0 Å². The predicted octanol–water partition coefficient (Wildman–Crippen LogP) is 2.73. The van der Waals surface area contributed by atoms with E-state index in [0.717, 1.165) is 44.7 Å². The van der Waals surface area contributed by atoms with Crippen molar-refractivity contribution in [2.75, 3.05) is 39.9 Å². The monoisotopic (exact) mass is 395 g/mol. The molecule has 2 aliphatic heterocycles. The second-order valence-electron chi connectivity index (χ2n) is 6.48. The molecule has 0 saturated carbocycles. The first-order valence-electron chi connectivity index (χ1n) is 7.68. The van der Waals surface area contributed by atoms with Crippen LogP contribution in [0.25, 0.3) is 0 Å². The van der Waals surface area contributed by atoms with Gasteiger partial charge in [-0.15, -0.1) is 24.0 Å². The van der Waals surface area contributed by atoms with Crippen LogP contribution in [0.2, 0.25) is 0 Å². The minimum absolute atomic E-state index is 0. The van der Waals surface area contributed by atoms with E-state index in [2.05, 4.69) is 29.1 Å². The lowest BCUT2D eigenvalue weighted by Crippen LogP contribution is -2.41. The molecule has 0 amide bonds. The number of hydrogen-bond donors (Lipinski definition) is 1. The van der Waals surface area contributed by atoms with Crippen LogP contribution >= 0.6 is 24.0 Å². The normalized spacial score (nSPS) is 26.4. The Labute approximate surface area is 140 Å². The quantitative estimate of drug-likeness (QED) is 0.344. The molecule has 2 saturated heterocycles.